The van der Waals surface area contributed by atoms with Gasteiger partial charge in [-0.25, -0.2) is 13.1 Å². The number of nitrogens with one attached hydrogen (secondary N) is 1. The van der Waals surface area contributed by atoms with Gasteiger partial charge in [0.05, 0.1) is 4.90 Å². The minimum Gasteiger partial charge on any atom is -0.326 e. The topological polar surface area (TPSA) is 72.2 Å². The minimum absolute atomic E-state index is 0.0471. The molecule has 1 aromatic rings. The van der Waals surface area contributed by atoms with Crippen molar-refractivity contribution in [2.75, 3.05) is 0 Å². The summed E-state index contributed by atoms with van der Waals surface area (Å²) >= 11 is 1.40. The number of thiophene rings is 1. The average molecular weight is 316 g/mol. The van der Waals surface area contributed by atoms with E-state index in [1.54, 1.807) is 11.4 Å². The highest BCUT2D eigenvalue weighted by Crippen LogP contribution is 2.29. The molecular weight excluding hydrogens is 292 g/mol. The Morgan fingerprint density at radius 2 is 2.10 bits per heavy atom. The van der Waals surface area contributed by atoms with Crippen LogP contribution in [0.5, 0.6) is 0 Å². The van der Waals surface area contributed by atoms with Crippen molar-refractivity contribution < 1.29 is 8.42 Å². The van der Waals surface area contributed by atoms with Crippen molar-refractivity contribution in [2.24, 2.45) is 11.7 Å². The summed E-state index contributed by atoms with van der Waals surface area (Å²) in [6.45, 7) is 2.33. The Kier molecular flexibility index (Phi) is 5.60. The average Bonchev–Trinajstić information content (AvgIpc) is 2.95. The minimum atomic E-state index is -3.44. The lowest BCUT2D eigenvalue weighted by Crippen LogP contribution is -2.40. The summed E-state index contributed by atoms with van der Waals surface area (Å²) in [5, 5.41) is 1.79. The highest BCUT2D eigenvalue weighted by atomic mass is 32.2. The molecule has 3 N–H and O–H groups in total. The summed E-state index contributed by atoms with van der Waals surface area (Å²) < 4.78 is 28.0. The Morgan fingerprint density at radius 1 is 1.40 bits per heavy atom. The van der Waals surface area contributed by atoms with Gasteiger partial charge in [0.25, 0.3) is 0 Å². The molecule has 0 saturated heterocycles. The van der Waals surface area contributed by atoms with Crippen LogP contribution in [0.15, 0.2) is 16.3 Å². The molecule has 1 atom stereocenters. The van der Waals surface area contributed by atoms with Crippen LogP contribution in [-0.4, -0.2) is 14.5 Å². The van der Waals surface area contributed by atoms with E-state index in [1.165, 1.54) is 30.6 Å². The molecule has 1 heterocycles. The third-order valence-corrected chi connectivity index (χ3v) is 6.79. The van der Waals surface area contributed by atoms with E-state index in [0.717, 1.165) is 24.1 Å². The molecule has 1 aliphatic rings. The van der Waals surface area contributed by atoms with Crippen LogP contribution >= 0.6 is 11.3 Å². The summed E-state index contributed by atoms with van der Waals surface area (Å²) in [6, 6.07) is 1.70. The van der Waals surface area contributed by atoms with Crippen molar-refractivity contribution >= 4 is 21.4 Å². The number of rotatable bonds is 6. The van der Waals surface area contributed by atoms with Crippen LogP contribution in [0, 0.1) is 5.92 Å². The SMILES string of the molecule is CCC(NS(=O)(=O)c1ccsc1CN)C1CCCCC1. The summed E-state index contributed by atoms with van der Waals surface area (Å²) in [5.74, 6) is 0.475. The molecule has 1 saturated carbocycles. The second kappa shape index (κ2) is 7.02. The first-order valence-corrected chi connectivity index (χ1v) is 9.73. The van der Waals surface area contributed by atoms with Gasteiger partial charge in [0.2, 0.25) is 10.0 Å². The molecule has 0 aliphatic heterocycles. The lowest BCUT2D eigenvalue weighted by Gasteiger charge is -2.30. The Morgan fingerprint density at radius 3 is 2.70 bits per heavy atom. The Bertz CT molecular complexity index is 519. The van der Waals surface area contributed by atoms with Crippen molar-refractivity contribution in [3.05, 3.63) is 16.3 Å². The molecule has 0 bridgehead atoms. The van der Waals surface area contributed by atoms with Crippen LogP contribution in [-0.2, 0) is 16.6 Å². The lowest BCUT2D eigenvalue weighted by atomic mass is 9.83. The van der Waals surface area contributed by atoms with Crippen molar-refractivity contribution in [2.45, 2.75) is 62.9 Å². The fourth-order valence-electron chi connectivity index (χ4n) is 3.03. The van der Waals surface area contributed by atoms with Crippen molar-refractivity contribution in [1.82, 2.24) is 4.72 Å². The predicted octanol–water partition coefficient (Wildman–Crippen LogP) is 2.84. The zero-order valence-electron chi connectivity index (χ0n) is 12.0. The third kappa shape index (κ3) is 3.61. The maximum absolute atomic E-state index is 12.5. The fourth-order valence-corrected chi connectivity index (χ4v) is 5.75. The molecule has 0 radical (unpaired) electrons. The van der Waals surface area contributed by atoms with Crippen LogP contribution in [0.3, 0.4) is 0 Å². The van der Waals surface area contributed by atoms with Crippen LogP contribution in [0.4, 0.5) is 0 Å². The van der Waals surface area contributed by atoms with Crippen LogP contribution < -0.4 is 10.5 Å². The summed E-state index contributed by atoms with van der Waals surface area (Å²) in [7, 11) is -3.44. The molecule has 114 valence electrons. The molecule has 6 heteroatoms. The molecule has 4 nitrogen and oxygen atoms in total. The van der Waals surface area contributed by atoms with E-state index in [1.807, 2.05) is 0 Å². The van der Waals surface area contributed by atoms with Gasteiger partial charge in [-0.2, -0.15) is 0 Å². The molecule has 2 rings (SSSR count). The van der Waals surface area contributed by atoms with E-state index >= 15 is 0 Å². The van der Waals surface area contributed by atoms with E-state index in [0.29, 0.717) is 10.8 Å². The third-order valence-electron chi connectivity index (χ3n) is 4.14. The second-order valence-corrected chi connectivity index (χ2v) is 8.13. The van der Waals surface area contributed by atoms with Gasteiger partial charge in [0, 0.05) is 17.5 Å². The number of hydrogen-bond donors (Lipinski definition) is 2. The lowest BCUT2D eigenvalue weighted by molar-refractivity contribution is 0.285. The van der Waals surface area contributed by atoms with Gasteiger partial charge < -0.3 is 5.73 Å². The van der Waals surface area contributed by atoms with Crippen LogP contribution in [0.2, 0.25) is 0 Å². The van der Waals surface area contributed by atoms with Crippen molar-refractivity contribution in [3.8, 4) is 0 Å². The highest BCUT2D eigenvalue weighted by Gasteiger charge is 2.28. The molecule has 0 amide bonds. The van der Waals surface area contributed by atoms with Gasteiger partial charge in [-0.3, -0.25) is 0 Å². The summed E-state index contributed by atoms with van der Waals surface area (Å²) in [4.78, 5) is 1.09. The van der Waals surface area contributed by atoms with E-state index < -0.39 is 10.0 Å². The molecule has 1 unspecified atom stereocenters. The fraction of sp³-hybridized carbons (Fsp3) is 0.714. The standard InChI is InChI=1S/C14H24N2O2S2/c1-2-12(11-6-4-3-5-7-11)16-20(17,18)14-8-9-19-13(14)10-15/h8-9,11-12,16H,2-7,10,15H2,1H3. The first-order chi connectivity index (χ1) is 9.58. The van der Waals surface area contributed by atoms with Crippen molar-refractivity contribution in [3.63, 3.8) is 0 Å². The maximum atomic E-state index is 12.5. The molecule has 1 aliphatic carbocycles. The van der Waals surface area contributed by atoms with Crippen molar-refractivity contribution in [1.29, 1.82) is 0 Å². The van der Waals surface area contributed by atoms with Gasteiger partial charge in [-0.15, -0.1) is 11.3 Å². The monoisotopic (exact) mass is 316 g/mol. The highest BCUT2D eigenvalue weighted by molar-refractivity contribution is 7.89. The zero-order valence-corrected chi connectivity index (χ0v) is 13.6. The van der Waals surface area contributed by atoms with Gasteiger partial charge in [0.1, 0.15) is 0 Å². The van der Waals surface area contributed by atoms with Crippen LogP contribution in [0.25, 0.3) is 0 Å². The summed E-state index contributed by atoms with van der Waals surface area (Å²) in [5.41, 5.74) is 5.62. The molecule has 20 heavy (non-hydrogen) atoms. The summed E-state index contributed by atoms with van der Waals surface area (Å²) in [6.07, 6.45) is 6.82. The first-order valence-electron chi connectivity index (χ1n) is 7.37. The number of sulfonamides is 1. The van der Waals surface area contributed by atoms with Gasteiger partial charge in [-0.1, -0.05) is 26.2 Å². The molecule has 1 fully saturated rings. The normalized spacial score (nSPS) is 19.1. The first kappa shape index (κ1) is 15.9. The zero-order chi connectivity index (χ0) is 14.6. The van der Waals surface area contributed by atoms with Crippen LogP contribution in [0.1, 0.15) is 50.3 Å². The van der Waals surface area contributed by atoms with E-state index in [4.69, 9.17) is 5.73 Å². The van der Waals surface area contributed by atoms with Gasteiger partial charge in [0.15, 0.2) is 0 Å². The smallest absolute Gasteiger partial charge is 0.241 e. The Labute approximate surface area is 125 Å². The maximum Gasteiger partial charge on any atom is 0.241 e. The van der Waals surface area contributed by atoms with Gasteiger partial charge >= 0.3 is 0 Å². The predicted molar refractivity (Wildman–Crippen MR) is 83.2 cm³/mol. The number of nitrogens with two attached hydrogens (primary N) is 1. The van der Waals surface area contributed by atoms with E-state index in [2.05, 4.69) is 11.6 Å². The second-order valence-electron chi connectivity index (χ2n) is 5.45. The molecular formula is C14H24N2O2S2. The van der Waals surface area contributed by atoms with Gasteiger partial charge in [-0.05, 0) is 36.6 Å². The Hall–Kier alpha value is -0.430. The molecule has 1 aromatic heterocycles. The Balaban J connectivity index is 2.13. The largest absolute Gasteiger partial charge is 0.326 e. The number of hydrogen-bond acceptors (Lipinski definition) is 4. The van der Waals surface area contributed by atoms with E-state index in [-0.39, 0.29) is 12.6 Å². The molecule has 0 aromatic carbocycles. The quantitative estimate of drug-likeness (QED) is 0.847. The molecule has 0 spiro atoms. The van der Waals surface area contributed by atoms with E-state index in [9.17, 15) is 8.42 Å².